The third-order valence-corrected chi connectivity index (χ3v) is 4.22. The van der Waals surface area contributed by atoms with Gasteiger partial charge in [0.2, 0.25) is 0 Å². The van der Waals surface area contributed by atoms with Gasteiger partial charge in [-0.05, 0) is 36.3 Å². The van der Waals surface area contributed by atoms with Gasteiger partial charge in [-0.3, -0.25) is 0 Å². The second kappa shape index (κ2) is 8.13. The average Bonchev–Trinajstić information content (AvgIpc) is 2.46. The lowest BCUT2D eigenvalue weighted by Crippen LogP contribution is -2.30. The molecule has 2 N–H and O–H groups in total. The Bertz CT molecular complexity index is 696. The van der Waals surface area contributed by atoms with Gasteiger partial charge in [0, 0.05) is 24.0 Å². The highest BCUT2D eigenvalue weighted by Gasteiger charge is 2.08. The predicted octanol–water partition coefficient (Wildman–Crippen LogP) is 4.62. The summed E-state index contributed by atoms with van der Waals surface area (Å²) in [5.74, 6) is 0.394. The molecule has 0 aliphatic rings. The molecule has 0 unspecified atom stereocenters. The first-order valence-electron chi connectivity index (χ1n) is 6.12. The first kappa shape index (κ1) is 17.5. The van der Waals surface area contributed by atoms with Crippen LogP contribution in [0.25, 0.3) is 0 Å². The smallest absolute Gasteiger partial charge is 0.172 e. The minimum atomic E-state index is 0.247. The third kappa shape index (κ3) is 4.83. The molecule has 0 aliphatic carbocycles. The Morgan fingerprint density at radius 1 is 1.09 bits per heavy atom. The molecular weight excluding hydrogens is 386 g/mol. The number of rotatable bonds is 4. The largest absolute Gasteiger partial charge is 0.362 e. The van der Waals surface area contributed by atoms with Gasteiger partial charge in [-0.2, -0.15) is 0 Å². The van der Waals surface area contributed by atoms with Crippen LogP contribution in [0.5, 0.6) is 0 Å². The first-order valence-corrected chi connectivity index (χ1v) is 8.04. The molecule has 1 heterocycles. The number of nitrogens with one attached hydrogen (secondary N) is 2. The van der Waals surface area contributed by atoms with Crippen LogP contribution in [0, 0.1) is 0 Å². The van der Waals surface area contributed by atoms with Crippen molar-refractivity contribution >= 4 is 69.6 Å². The van der Waals surface area contributed by atoms with Gasteiger partial charge in [0.1, 0.15) is 0 Å². The molecule has 22 heavy (non-hydrogen) atoms. The van der Waals surface area contributed by atoms with E-state index in [1.807, 2.05) is 0 Å². The van der Waals surface area contributed by atoms with Crippen LogP contribution < -0.4 is 10.6 Å². The lowest BCUT2D eigenvalue weighted by atomic mass is 10.1. The lowest BCUT2D eigenvalue weighted by molar-refractivity contribution is 0.873. The zero-order valence-corrected chi connectivity index (χ0v) is 14.9. The summed E-state index contributed by atoms with van der Waals surface area (Å²) in [7, 11) is 0. The van der Waals surface area contributed by atoms with Gasteiger partial charge < -0.3 is 10.6 Å². The second-order valence-electron chi connectivity index (χ2n) is 4.19. The van der Waals surface area contributed by atoms with Crippen molar-refractivity contribution in [2.24, 2.45) is 0 Å². The van der Waals surface area contributed by atoms with E-state index in [2.05, 4.69) is 20.6 Å². The molecule has 0 amide bonds. The van der Waals surface area contributed by atoms with Crippen molar-refractivity contribution in [2.45, 2.75) is 6.42 Å². The van der Waals surface area contributed by atoms with Crippen LogP contribution in [0.2, 0.25) is 20.2 Å². The summed E-state index contributed by atoms with van der Waals surface area (Å²) in [5.41, 5.74) is 0.840. The predicted molar refractivity (Wildman–Crippen MR) is 96.4 cm³/mol. The highest BCUT2D eigenvalue weighted by molar-refractivity contribution is 7.80. The molecule has 1 aromatic heterocycles. The molecule has 0 saturated carbocycles. The van der Waals surface area contributed by atoms with E-state index in [0.29, 0.717) is 39.0 Å². The van der Waals surface area contributed by atoms with Crippen LogP contribution in [-0.2, 0) is 6.42 Å². The van der Waals surface area contributed by atoms with Crippen LogP contribution in [-0.4, -0.2) is 21.6 Å². The minimum Gasteiger partial charge on any atom is -0.362 e. The van der Waals surface area contributed by atoms with Crippen molar-refractivity contribution in [1.29, 1.82) is 0 Å². The highest BCUT2D eigenvalue weighted by Crippen LogP contribution is 2.29. The van der Waals surface area contributed by atoms with Crippen LogP contribution in [0.1, 0.15) is 5.56 Å². The van der Waals surface area contributed by atoms with E-state index in [-0.39, 0.29) is 5.15 Å². The number of aromatic nitrogens is 2. The summed E-state index contributed by atoms with van der Waals surface area (Å²) >= 11 is 29.1. The summed E-state index contributed by atoms with van der Waals surface area (Å²) in [6.07, 6.45) is 3.62. The van der Waals surface area contributed by atoms with Gasteiger partial charge in [0.05, 0.1) is 10.0 Å². The maximum atomic E-state index is 6.13. The van der Waals surface area contributed by atoms with E-state index in [4.69, 9.17) is 58.6 Å². The standard InChI is InChI=1S/C13H10Cl4N4S/c14-8-5-7(10(16)9(15)6-8)1-2-20-13(22)21-12-11(17)18-3-4-19-12/h3-6H,1-2H2,(H2,19,20,21,22). The van der Waals surface area contributed by atoms with Gasteiger partial charge in [-0.25, -0.2) is 9.97 Å². The molecule has 116 valence electrons. The van der Waals surface area contributed by atoms with Gasteiger partial charge in [-0.1, -0.05) is 46.4 Å². The van der Waals surface area contributed by atoms with Gasteiger partial charge >= 0.3 is 0 Å². The van der Waals surface area contributed by atoms with Crippen LogP contribution in [0.15, 0.2) is 24.5 Å². The second-order valence-corrected chi connectivity index (χ2v) is 6.18. The molecule has 0 spiro atoms. The van der Waals surface area contributed by atoms with E-state index in [0.717, 1.165) is 5.56 Å². The molecule has 0 radical (unpaired) electrons. The van der Waals surface area contributed by atoms with Crippen LogP contribution >= 0.6 is 58.6 Å². The summed E-state index contributed by atoms with van der Waals surface area (Å²) in [4.78, 5) is 7.93. The molecule has 0 atom stereocenters. The Labute approximate surface area is 153 Å². The van der Waals surface area contributed by atoms with Crippen molar-refractivity contribution in [3.05, 3.63) is 50.3 Å². The number of nitrogens with zero attached hydrogens (tertiary/aromatic N) is 2. The van der Waals surface area contributed by atoms with Crippen molar-refractivity contribution in [3.63, 3.8) is 0 Å². The first-order chi connectivity index (χ1) is 10.5. The van der Waals surface area contributed by atoms with Gasteiger partial charge in [0.15, 0.2) is 16.1 Å². The van der Waals surface area contributed by atoms with E-state index < -0.39 is 0 Å². The molecule has 0 saturated heterocycles. The topological polar surface area (TPSA) is 49.8 Å². The lowest BCUT2D eigenvalue weighted by Gasteiger charge is -2.11. The number of benzene rings is 1. The maximum absolute atomic E-state index is 6.13. The fourth-order valence-electron chi connectivity index (χ4n) is 1.66. The van der Waals surface area contributed by atoms with Crippen molar-refractivity contribution in [2.75, 3.05) is 11.9 Å². The molecule has 0 aliphatic heterocycles. The quantitative estimate of drug-likeness (QED) is 0.584. The minimum absolute atomic E-state index is 0.247. The zero-order chi connectivity index (χ0) is 16.1. The normalized spacial score (nSPS) is 10.4. The Morgan fingerprint density at radius 2 is 1.82 bits per heavy atom. The van der Waals surface area contributed by atoms with Gasteiger partial charge in [0.25, 0.3) is 0 Å². The Hall–Kier alpha value is -0.850. The summed E-state index contributed by atoms with van der Waals surface area (Å²) in [6, 6.07) is 3.37. The van der Waals surface area contributed by atoms with Crippen molar-refractivity contribution in [3.8, 4) is 0 Å². The molecule has 0 bridgehead atoms. The summed E-state index contributed by atoms with van der Waals surface area (Å²) in [5, 5.41) is 7.97. The molecule has 2 aromatic rings. The van der Waals surface area contributed by atoms with E-state index in [1.54, 1.807) is 12.1 Å². The van der Waals surface area contributed by atoms with E-state index in [9.17, 15) is 0 Å². The fourth-order valence-corrected chi connectivity index (χ4v) is 2.75. The molecule has 1 aromatic carbocycles. The van der Waals surface area contributed by atoms with E-state index in [1.165, 1.54) is 12.4 Å². The van der Waals surface area contributed by atoms with Gasteiger partial charge in [-0.15, -0.1) is 0 Å². The number of hydrogen-bond donors (Lipinski definition) is 2. The fraction of sp³-hybridized carbons (Fsp3) is 0.154. The van der Waals surface area contributed by atoms with Crippen molar-refractivity contribution in [1.82, 2.24) is 15.3 Å². The number of halogens is 4. The molecule has 9 heteroatoms. The zero-order valence-electron chi connectivity index (χ0n) is 11.0. The molecular formula is C13H10Cl4N4S. The highest BCUT2D eigenvalue weighted by atomic mass is 35.5. The maximum Gasteiger partial charge on any atom is 0.172 e. The van der Waals surface area contributed by atoms with E-state index >= 15 is 0 Å². The SMILES string of the molecule is S=C(NCCc1cc(Cl)cc(Cl)c1Cl)Nc1nccnc1Cl. The average molecular weight is 396 g/mol. The third-order valence-electron chi connectivity index (χ3n) is 2.63. The van der Waals surface area contributed by atoms with Crippen LogP contribution in [0.4, 0.5) is 5.82 Å². The van der Waals surface area contributed by atoms with Crippen LogP contribution in [0.3, 0.4) is 0 Å². The summed E-state index contributed by atoms with van der Waals surface area (Å²) in [6.45, 7) is 0.542. The number of thiocarbonyl (C=S) groups is 1. The Kier molecular flexibility index (Phi) is 6.47. The molecule has 4 nitrogen and oxygen atoms in total. The monoisotopic (exact) mass is 394 g/mol. The summed E-state index contributed by atoms with van der Waals surface area (Å²) < 4.78 is 0. The Morgan fingerprint density at radius 3 is 2.55 bits per heavy atom. The molecule has 0 fully saturated rings. The molecule has 2 rings (SSSR count). The van der Waals surface area contributed by atoms with Crippen molar-refractivity contribution < 1.29 is 0 Å². The Balaban J connectivity index is 1.89. The number of hydrogen-bond acceptors (Lipinski definition) is 3. The number of anilines is 1.